The number of carbonyl (C=O) groups is 1. The molecule has 1 aliphatic heterocycles. The summed E-state index contributed by atoms with van der Waals surface area (Å²) in [5.74, 6) is -0.242. The second kappa shape index (κ2) is 7.11. The fraction of sp³-hybridized carbons (Fsp3) is 0.125. The molecule has 0 spiro atoms. The number of ether oxygens (including phenoxy) is 1. The molecule has 3 N–H and O–H groups in total. The van der Waals surface area contributed by atoms with Crippen molar-refractivity contribution in [1.82, 2.24) is 10.3 Å². The molecule has 0 bridgehead atoms. The number of para-hydroxylation sites is 1. The number of benzene rings is 3. The van der Waals surface area contributed by atoms with E-state index in [2.05, 4.69) is 22.4 Å². The zero-order valence-electron chi connectivity index (χ0n) is 15.7. The van der Waals surface area contributed by atoms with E-state index >= 15 is 0 Å². The van der Waals surface area contributed by atoms with Gasteiger partial charge in [0.1, 0.15) is 5.75 Å². The maximum Gasteiger partial charge on any atom is 0.339 e. The number of phenolic OH excluding ortho intramolecular Hbond substituents is 1. The summed E-state index contributed by atoms with van der Waals surface area (Å²) >= 11 is 0. The number of phenols is 1. The van der Waals surface area contributed by atoms with Crippen LogP contribution in [-0.2, 0) is 17.8 Å². The summed E-state index contributed by atoms with van der Waals surface area (Å²) < 4.78 is 5.75. The summed E-state index contributed by atoms with van der Waals surface area (Å²) in [6.07, 6.45) is -0.547. The van der Waals surface area contributed by atoms with Gasteiger partial charge in [0.25, 0.3) is 0 Å². The Morgan fingerprint density at radius 2 is 1.76 bits per heavy atom. The number of aromatic hydroxyl groups is 1. The lowest BCUT2D eigenvalue weighted by atomic mass is 9.96. The molecule has 29 heavy (non-hydrogen) atoms. The zero-order chi connectivity index (χ0) is 19.8. The number of H-pyrrole nitrogens is 1. The van der Waals surface area contributed by atoms with E-state index in [-0.39, 0.29) is 11.7 Å². The largest absolute Gasteiger partial charge is 0.508 e. The van der Waals surface area contributed by atoms with Crippen molar-refractivity contribution in [3.8, 4) is 5.75 Å². The van der Waals surface area contributed by atoms with Crippen molar-refractivity contribution >= 4 is 16.9 Å². The molecule has 3 aromatic carbocycles. The highest BCUT2D eigenvalue weighted by Gasteiger charge is 2.35. The van der Waals surface area contributed by atoms with Gasteiger partial charge >= 0.3 is 5.97 Å². The fourth-order valence-electron chi connectivity index (χ4n) is 3.99. The van der Waals surface area contributed by atoms with E-state index in [0.29, 0.717) is 17.7 Å². The van der Waals surface area contributed by atoms with Gasteiger partial charge in [-0.15, -0.1) is 0 Å². The molecule has 0 fully saturated rings. The average Bonchev–Trinajstić information content (AvgIpc) is 3.25. The van der Waals surface area contributed by atoms with Crippen LogP contribution in [0.2, 0.25) is 0 Å². The molecule has 1 aliphatic rings. The zero-order valence-corrected chi connectivity index (χ0v) is 15.7. The van der Waals surface area contributed by atoms with Gasteiger partial charge in [0.05, 0.1) is 5.56 Å². The predicted molar refractivity (Wildman–Crippen MR) is 111 cm³/mol. The smallest absolute Gasteiger partial charge is 0.339 e. The van der Waals surface area contributed by atoms with Gasteiger partial charge in [-0.25, -0.2) is 4.79 Å². The van der Waals surface area contributed by atoms with E-state index < -0.39 is 6.10 Å². The normalized spacial score (nSPS) is 15.4. The van der Waals surface area contributed by atoms with Crippen molar-refractivity contribution in [3.63, 3.8) is 0 Å². The van der Waals surface area contributed by atoms with Crippen LogP contribution in [0.4, 0.5) is 0 Å². The van der Waals surface area contributed by atoms with Crippen molar-refractivity contribution < 1.29 is 14.6 Å². The molecule has 0 amide bonds. The molecule has 0 aliphatic carbocycles. The first-order valence-electron chi connectivity index (χ1n) is 9.59. The van der Waals surface area contributed by atoms with Crippen LogP contribution in [0.15, 0.2) is 72.8 Å². The Morgan fingerprint density at radius 1 is 0.966 bits per heavy atom. The monoisotopic (exact) mass is 384 g/mol. The first-order valence-corrected chi connectivity index (χ1v) is 9.59. The molecular formula is C24H20N2O3. The highest BCUT2D eigenvalue weighted by molar-refractivity contribution is 5.96. The van der Waals surface area contributed by atoms with E-state index in [1.807, 2.05) is 42.5 Å². The van der Waals surface area contributed by atoms with Crippen LogP contribution in [0.25, 0.3) is 10.9 Å². The maximum absolute atomic E-state index is 12.4. The third kappa shape index (κ3) is 3.15. The second-order valence-corrected chi connectivity index (χ2v) is 7.21. The summed E-state index contributed by atoms with van der Waals surface area (Å²) in [5.41, 5.74) is 5.29. The minimum absolute atomic E-state index is 0.121. The topological polar surface area (TPSA) is 74.3 Å². The highest BCUT2D eigenvalue weighted by atomic mass is 16.5. The van der Waals surface area contributed by atoms with Gasteiger partial charge in [-0.3, -0.25) is 0 Å². The number of hydrogen-bond acceptors (Lipinski definition) is 4. The molecule has 4 aromatic rings. The first-order chi connectivity index (χ1) is 14.2. The molecule has 144 valence electrons. The second-order valence-electron chi connectivity index (χ2n) is 7.21. The third-order valence-electron chi connectivity index (χ3n) is 5.33. The summed E-state index contributed by atoms with van der Waals surface area (Å²) in [7, 11) is 0. The van der Waals surface area contributed by atoms with Crippen LogP contribution in [0.5, 0.6) is 5.75 Å². The molecular weight excluding hydrogens is 364 g/mol. The lowest BCUT2D eigenvalue weighted by Gasteiger charge is -2.14. The Balaban J connectivity index is 1.53. The van der Waals surface area contributed by atoms with Gasteiger partial charge in [0, 0.05) is 40.8 Å². The van der Waals surface area contributed by atoms with Gasteiger partial charge in [-0.05, 0) is 29.8 Å². The minimum atomic E-state index is -0.547. The van der Waals surface area contributed by atoms with Gasteiger partial charge < -0.3 is 20.1 Å². The van der Waals surface area contributed by atoms with Crippen LogP contribution in [0.3, 0.4) is 0 Å². The van der Waals surface area contributed by atoms with E-state index in [0.717, 1.165) is 28.7 Å². The molecule has 5 heteroatoms. The Morgan fingerprint density at radius 3 is 2.62 bits per heavy atom. The molecule has 5 rings (SSSR count). The molecule has 0 saturated heterocycles. The number of fused-ring (bicyclic) bond motifs is 2. The molecule has 5 nitrogen and oxygen atoms in total. The van der Waals surface area contributed by atoms with Crippen LogP contribution in [-0.4, -0.2) is 16.1 Å². The Bertz CT molecular complexity index is 1200. The van der Waals surface area contributed by atoms with Crippen LogP contribution in [0.1, 0.15) is 38.8 Å². The van der Waals surface area contributed by atoms with Crippen LogP contribution < -0.4 is 5.32 Å². The Hall–Kier alpha value is -3.57. The fourth-order valence-corrected chi connectivity index (χ4v) is 3.99. The van der Waals surface area contributed by atoms with Crippen LogP contribution in [0, 0.1) is 0 Å². The van der Waals surface area contributed by atoms with Gasteiger partial charge in [-0.2, -0.15) is 0 Å². The summed E-state index contributed by atoms with van der Waals surface area (Å²) in [6.45, 7) is 1.33. The van der Waals surface area contributed by atoms with Crippen molar-refractivity contribution in [2.45, 2.75) is 19.2 Å². The Labute approximate surface area is 168 Å². The number of esters is 1. The number of nitrogens with one attached hydrogen (secondary N) is 2. The van der Waals surface area contributed by atoms with Crippen molar-refractivity contribution in [2.75, 3.05) is 0 Å². The first kappa shape index (κ1) is 17.5. The summed E-state index contributed by atoms with van der Waals surface area (Å²) in [4.78, 5) is 15.9. The van der Waals surface area contributed by atoms with E-state index in [1.165, 1.54) is 11.6 Å². The summed E-state index contributed by atoms with van der Waals surface area (Å²) in [6, 6.07) is 22.9. The predicted octanol–water partition coefficient (Wildman–Crippen LogP) is 4.42. The van der Waals surface area contributed by atoms with Crippen LogP contribution >= 0.6 is 0 Å². The SMILES string of the molecule is O=C1OC(c2c(CNCc3ccccc3)[nH]c3ccccc23)c2cc(O)ccc21. The number of carbonyl (C=O) groups excluding carboxylic acids is 1. The van der Waals surface area contributed by atoms with E-state index in [9.17, 15) is 9.90 Å². The molecule has 0 saturated carbocycles. The number of aromatic amines is 1. The standard InChI is InChI=1S/C24H20N2O3/c27-16-10-11-17-19(12-16)23(29-24(17)28)22-18-8-4-5-9-20(18)26-21(22)14-25-13-15-6-2-1-3-7-15/h1-12,23,25-27H,13-14H2. The Kier molecular flexibility index (Phi) is 4.30. The number of hydrogen-bond donors (Lipinski definition) is 3. The maximum atomic E-state index is 12.4. The molecule has 0 radical (unpaired) electrons. The van der Waals surface area contributed by atoms with Crippen molar-refractivity contribution in [3.05, 3.63) is 101 Å². The number of rotatable bonds is 5. The average molecular weight is 384 g/mol. The lowest BCUT2D eigenvalue weighted by molar-refractivity contribution is 0.0456. The van der Waals surface area contributed by atoms with E-state index in [1.54, 1.807) is 12.1 Å². The molecule has 1 aromatic heterocycles. The number of cyclic esters (lactones) is 1. The molecule has 1 unspecified atom stereocenters. The van der Waals surface area contributed by atoms with Crippen molar-refractivity contribution in [1.29, 1.82) is 0 Å². The van der Waals surface area contributed by atoms with Gasteiger partial charge in [0.15, 0.2) is 6.10 Å². The molecule has 1 atom stereocenters. The molecule has 2 heterocycles. The number of aromatic nitrogens is 1. The quantitative estimate of drug-likeness (QED) is 0.445. The third-order valence-corrected chi connectivity index (χ3v) is 5.33. The lowest BCUT2D eigenvalue weighted by Crippen LogP contribution is -2.15. The van der Waals surface area contributed by atoms with Crippen molar-refractivity contribution in [2.24, 2.45) is 0 Å². The van der Waals surface area contributed by atoms with Gasteiger partial charge in [0.2, 0.25) is 0 Å². The van der Waals surface area contributed by atoms with Gasteiger partial charge in [-0.1, -0.05) is 48.5 Å². The summed E-state index contributed by atoms with van der Waals surface area (Å²) in [5, 5.41) is 14.4. The van der Waals surface area contributed by atoms with E-state index in [4.69, 9.17) is 4.74 Å². The minimum Gasteiger partial charge on any atom is -0.508 e. The highest BCUT2D eigenvalue weighted by Crippen LogP contribution is 2.41.